The van der Waals surface area contributed by atoms with Crippen molar-refractivity contribution in [3.8, 4) is 0 Å². The number of amides is 1. The third-order valence-electron chi connectivity index (χ3n) is 4.24. The fourth-order valence-electron chi connectivity index (χ4n) is 2.46. The molecular weight excluding hydrogens is 386 g/mol. The van der Waals surface area contributed by atoms with Crippen LogP contribution in [0.15, 0.2) is 64.6 Å². The van der Waals surface area contributed by atoms with Gasteiger partial charge in [0.15, 0.2) is 5.03 Å². The van der Waals surface area contributed by atoms with Crippen LogP contribution in [-0.4, -0.2) is 19.3 Å². The molecule has 144 valence electrons. The first-order valence-corrected chi connectivity index (χ1v) is 9.71. The summed E-state index contributed by atoms with van der Waals surface area (Å²) in [6.07, 6.45) is 1.09. The Hall–Kier alpha value is -3.13. The lowest BCUT2D eigenvalue weighted by molar-refractivity contribution is 0.102. The number of anilines is 1. The lowest BCUT2D eigenvalue weighted by Gasteiger charge is -2.08. The van der Waals surface area contributed by atoms with E-state index in [2.05, 4.69) is 10.3 Å². The SMILES string of the molecule is Cc1ccc(S(=O)(=O)c2ccc(C(=O)Nc3ccc(F)cc3F)cn2)cc1C. The maximum absolute atomic E-state index is 13.6. The molecule has 28 heavy (non-hydrogen) atoms. The average molecular weight is 402 g/mol. The van der Waals surface area contributed by atoms with Crippen molar-refractivity contribution in [3.63, 3.8) is 0 Å². The first kappa shape index (κ1) is 19.6. The summed E-state index contributed by atoms with van der Waals surface area (Å²) >= 11 is 0. The Morgan fingerprint density at radius 3 is 2.32 bits per heavy atom. The number of carbonyl (C=O) groups is 1. The van der Waals surface area contributed by atoms with Crippen LogP contribution < -0.4 is 5.32 Å². The number of hydrogen-bond acceptors (Lipinski definition) is 4. The normalized spacial score (nSPS) is 11.3. The molecule has 0 aliphatic rings. The zero-order valence-electron chi connectivity index (χ0n) is 15.0. The van der Waals surface area contributed by atoms with Crippen molar-refractivity contribution in [2.45, 2.75) is 23.8 Å². The van der Waals surface area contributed by atoms with E-state index in [0.29, 0.717) is 6.07 Å². The van der Waals surface area contributed by atoms with Gasteiger partial charge in [0.2, 0.25) is 9.84 Å². The number of pyridine rings is 1. The molecule has 2 aromatic carbocycles. The number of benzene rings is 2. The molecule has 0 bridgehead atoms. The van der Waals surface area contributed by atoms with Gasteiger partial charge in [-0.05, 0) is 61.4 Å². The molecule has 3 aromatic rings. The molecular formula is C20H16F2N2O3S. The second-order valence-electron chi connectivity index (χ2n) is 6.21. The van der Waals surface area contributed by atoms with E-state index in [4.69, 9.17) is 0 Å². The maximum Gasteiger partial charge on any atom is 0.257 e. The molecule has 1 N–H and O–H groups in total. The van der Waals surface area contributed by atoms with E-state index in [0.717, 1.165) is 29.5 Å². The highest BCUT2D eigenvalue weighted by molar-refractivity contribution is 7.91. The molecule has 0 saturated carbocycles. The molecule has 0 aliphatic carbocycles. The van der Waals surface area contributed by atoms with Crippen LogP contribution in [0.3, 0.4) is 0 Å². The van der Waals surface area contributed by atoms with Crippen molar-refractivity contribution in [1.82, 2.24) is 4.98 Å². The van der Waals surface area contributed by atoms with Gasteiger partial charge < -0.3 is 5.32 Å². The molecule has 0 spiro atoms. The van der Waals surface area contributed by atoms with E-state index in [9.17, 15) is 22.0 Å². The summed E-state index contributed by atoms with van der Waals surface area (Å²) < 4.78 is 52.0. The van der Waals surface area contributed by atoms with Crippen LogP contribution in [-0.2, 0) is 9.84 Å². The van der Waals surface area contributed by atoms with Gasteiger partial charge in [0, 0.05) is 12.3 Å². The van der Waals surface area contributed by atoms with Crippen LogP contribution >= 0.6 is 0 Å². The van der Waals surface area contributed by atoms with Gasteiger partial charge in [-0.25, -0.2) is 22.2 Å². The molecule has 3 rings (SSSR count). The van der Waals surface area contributed by atoms with Crippen LogP contribution in [0.4, 0.5) is 14.5 Å². The van der Waals surface area contributed by atoms with Gasteiger partial charge in [0.25, 0.3) is 5.91 Å². The van der Waals surface area contributed by atoms with E-state index >= 15 is 0 Å². The predicted molar refractivity (Wildman–Crippen MR) is 99.9 cm³/mol. The van der Waals surface area contributed by atoms with E-state index in [1.807, 2.05) is 13.8 Å². The van der Waals surface area contributed by atoms with Gasteiger partial charge in [-0.2, -0.15) is 0 Å². The first-order chi connectivity index (χ1) is 13.2. The highest BCUT2D eigenvalue weighted by Crippen LogP contribution is 2.22. The van der Waals surface area contributed by atoms with Crippen molar-refractivity contribution in [2.24, 2.45) is 0 Å². The molecule has 1 amide bonds. The third kappa shape index (κ3) is 3.91. The Morgan fingerprint density at radius 2 is 1.71 bits per heavy atom. The van der Waals surface area contributed by atoms with Crippen LogP contribution in [0.25, 0.3) is 0 Å². The van der Waals surface area contributed by atoms with Gasteiger partial charge in [-0.1, -0.05) is 6.07 Å². The number of rotatable bonds is 4. The summed E-state index contributed by atoms with van der Waals surface area (Å²) in [5.41, 5.74) is 1.63. The quantitative estimate of drug-likeness (QED) is 0.714. The fourth-order valence-corrected chi connectivity index (χ4v) is 3.72. The maximum atomic E-state index is 13.6. The van der Waals surface area contributed by atoms with Crippen LogP contribution in [0, 0.1) is 25.5 Å². The van der Waals surface area contributed by atoms with Crippen molar-refractivity contribution in [1.29, 1.82) is 0 Å². The highest BCUT2D eigenvalue weighted by Gasteiger charge is 2.20. The number of aryl methyl sites for hydroxylation is 2. The van der Waals surface area contributed by atoms with Crippen molar-refractivity contribution in [2.75, 3.05) is 5.32 Å². The number of nitrogens with one attached hydrogen (secondary N) is 1. The lowest BCUT2D eigenvalue weighted by Crippen LogP contribution is -2.14. The number of nitrogens with zero attached hydrogens (tertiary/aromatic N) is 1. The number of carbonyl (C=O) groups excluding carboxylic acids is 1. The summed E-state index contributed by atoms with van der Waals surface area (Å²) in [6.45, 7) is 3.69. The minimum absolute atomic E-state index is 0.0303. The molecule has 8 heteroatoms. The van der Waals surface area contributed by atoms with E-state index < -0.39 is 27.4 Å². The minimum atomic E-state index is -3.84. The molecule has 5 nitrogen and oxygen atoms in total. The third-order valence-corrected chi connectivity index (χ3v) is 5.91. The van der Waals surface area contributed by atoms with Crippen molar-refractivity contribution >= 4 is 21.4 Å². The fraction of sp³-hybridized carbons (Fsp3) is 0.100. The molecule has 1 aromatic heterocycles. The summed E-state index contributed by atoms with van der Waals surface area (Å²) in [5.74, 6) is -2.39. The number of hydrogen-bond donors (Lipinski definition) is 1. The summed E-state index contributed by atoms with van der Waals surface area (Å²) in [7, 11) is -3.84. The Kier molecular flexibility index (Phi) is 5.24. The van der Waals surface area contributed by atoms with Crippen molar-refractivity contribution in [3.05, 3.63) is 83.1 Å². The number of sulfone groups is 1. The van der Waals surface area contributed by atoms with Crippen molar-refractivity contribution < 1.29 is 22.0 Å². The van der Waals surface area contributed by atoms with Gasteiger partial charge in [0.1, 0.15) is 11.6 Å². The summed E-state index contributed by atoms with van der Waals surface area (Å²) in [5, 5.41) is 2.08. The second kappa shape index (κ2) is 7.47. The van der Waals surface area contributed by atoms with E-state index in [1.54, 1.807) is 12.1 Å². The standard InChI is InChI=1S/C20H16F2N2O3S/c1-12-3-6-16(9-13(12)2)28(26,27)19-8-4-14(11-23-19)20(25)24-18-7-5-15(21)10-17(18)22/h3-11H,1-2H3,(H,24,25). The van der Waals surface area contributed by atoms with Gasteiger partial charge >= 0.3 is 0 Å². The monoisotopic (exact) mass is 402 g/mol. The summed E-state index contributed by atoms with van der Waals surface area (Å²) in [4.78, 5) is 16.2. The average Bonchev–Trinajstić information content (AvgIpc) is 2.66. The van der Waals surface area contributed by atoms with Gasteiger partial charge in [-0.3, -0.25) is 4.79 Å². The molecule has 0 atom stereocenters. The highest BCUT2D eigenvalue weighted by atomic mass is 32.2. The topological polar surface area (TPSA) is 76.1 Å². The smallest absolute Gasteiger partial charge is 0.257 e. The predicted octanol–water partition coefficient (Wildman–Crippen LogP) is 4.06. The minimum Gasteiger partial charge on any atom is -0.319 e. The largest absolute Gasteiger partial charge is 0.319 e. The van der Waals surface area contributed by atoms with Gasteiger partial charge in [0.05, 0.1) is 16.1 Å². The zero-order valence-corrected chi connectivity index (χ0v) is 15.8. The first-order valence-electron chi connectivity index (χ1n) is 8.23. The van der Waals surface area contributed by atoms with Crippen LogP contribution in [0.1, 0.15) is 21.5 Å². The molecule has 0 radical (unpaired) electrons. The van der Waals surface area contributed by atoms with Crippen LogP contribution in [0.2, 0.25) is 0 Å². The van der Waals surface area contributed by atoms with E-state index in [1.165, 1.54) is 18.2 Å². The Labute approximate surface area is 161 Å². The number of aromatic nitrogens is 1. The molecule has 1 heterocycles. The number of halogens is 2. The second-order valence-corrected chi connectivity index (χ2v) is 8.11. The lowest BCUT2D eigenvalue weighted by atomic mass is 10.1. The Balaban J connectivity index is 1.84. The molecule has 0 fully saturated rings. The summed E-state index contributed by atoms with van der Waals surface area (Å²) in [6, 6.07) is 10.00. The van der Waals surface area contributed by atoms with Gasteiger partial charge in [-0.15, -0.1) is 0 Å². The molecule has 0 saturated heterocycles. The molecule has 0 aliphatic heterocycles. The zero-order chi connectivity index (χ0) is 20.5. The Morgan fingerprint density at radius 1 is 0.964 bits per heavy atom. The van der Waals surface area contributed by atoms with E-state index in [-0.39, 0.29) is 21.2 Å². The van der Waals surface area contributed by atoms with Crippen LogP contribution in [0.5, 0.6) is 0 Å². The Bertz CT molecular complexity index is 1160. The molecule has 0 unspecified atom stereocenters.